The van der Waals surface area contributed by atoms with Gasteiger partial charge in [-0.1, -0.05) is 53.7 Å². The maximum Gasteiger partial charge on any atom is 0.192 e. The molecular formula is C29H32ClN3O2S. The lowest BCUT2D eigenvalue weighted by Crippen LogP contribution is -2.51. The lowest BCUT2D eigenvalue weighted by atomic mass is 9.48. The molecule has 4 aliphatic rings. The molecule has 4 saturated carbocycles. The largest absolute Gasteiger partial charge is 0.486 e. The van der Waals surface area contributed by atoms with E-state index in [-0.39, 0.29) is 10.7 Å². The zero-order valence-electron chi connectivity index (χ0n) is 20.6. The second-order valence-corrected chi connectivity index (χ2v) is 12.8. The summed E-state index contributed by atoms with van der Waals surface area (Å²) < 4.78 is 8.09. The standard InChI is InChI=1S/C29H32ClN3O2S/c1-19(27(34)29-14-21-11-22(15-29)13-23(12-21)16-29)36-28-32-31-26(18-35-25-9-7-24(30)8-10-25)33(28)17-20-5-3-2-4-6-20/h2-10,19,21-23H,11-18H2,1H3/t19-,21?,22?,23?,29?/m0/s1. The second-order valence-electron chi connectivity index (χ2n) is 11.0. The summed E-state index contributed by atoms with van der Waals surface area (Å²) in [5, 5.41) is 10.3. The normalized spacial score (nSPS) is 27.2. The second kappa shape index (κ2) is 9.86. The topological polar surface area (TPSA) is 57.0 Å². The van der Waals surface area contributed by atoms with Gasteiger partial charge in [-0.25, -0.2) is 0 Å². The molecule has 0 spiro atoms. The Balaban J connectivity index is 1.22. The van der Waals surface area contributed by atoms with Gasteiger partial charge in [0.2, 0.25) is 0 Å². The van der Waals surface area contributed by atoms with Crippen LogP contribution >= 0.6 is 23.4 Å². The molecular weight excluding hydrogens is 490 g/mol. The van der Waals surface area contributed by atoms with Crippen LogP contribution in [0, 0.1) is 23.2 Å². The van der Waals surface area contributed by atoms with Crippen molar-refractivity contribution in [2.75, 3.05) is 0 Å². The maximum absolute atomic E-state index is 13.9. The molecule has 5 nitrogen and oxygen atoms in total. The van der Waals surface area contributed by atoms with E-state index in [0.29, 0.717) is 24.0 Å². The first kappa shape index (κ1) is 24.1. The number of benzene rings is 2. The van der Waals surface area contributed by atoms with E-state index in [1.807, 2.05) is 42.5 Å². The molecule has 0 saturated heterocycles. The summed E-state index contributed by atoms with van der Waals surface area (Å²) in [5.41, 5.74) is 1.05. The molecule has 0 N–H and O–H groups in total. The molecule has 2 aromatic carbocycles. The predicted molar refractivity (Wildman–Crippen MR) is 142 cm³/mol. The number of halogens is 1. The van der Waals surface area contributed by atoms with Crippen molar-refractivity contribution in [1.29, 1.82) is 0 Å². The molecule has 4 fully saturated rings. The Morgan fingerprint density at radius 1 is 1.03 bits per heavy atom. The Kier molecular flexibility index (Phi) is 6.59. The van der Waals surface area contributed by atoms with Crippen molar-refractivity contribution in [2.45, 2.75) is 69.0 Å². The minimum absolute atomic E-state index is 0.105. The first-order chi connectivity index (χ1) is 17.5. The van der Waals surface area contributed by atoms with Crippen molar-refractivity contribution in [1.82, 2.24) is 14.8 Å². The lowest BCUT2D eigenvalue weighted by molar-refractivity contribution is -0.143. The lowest BCUT2D eigenvalue weighted by Gasteiger charge is -2.56. The maximum atomic E-state index is 13.9. The van der Waals surface area contributed by atoms with E-state index < -0.39 is 0 Å². The molecule has 36 heavy (non-hydrogen) atoms. The summed E-state index contributed by atoms with van der Waals surface area (Å²) in [6.45, 7) is 2.99. The van der Waals surface area contributed by atoms with Crippen LogP contribution in [-0.2, 0) is 17.9 Å². The number of carbonyl (C=O) groups is 1. The van der Waals surface area contributed by atoms with Gasteiger partial charge in [-0.05, 0) is 93.0 Å². The molecule has 1 atom stereocenters. The van der Waals surface area contributed by atoms with Gasteiger partial charge in [0, 0.05) is 10.4 Å². The SMILES string of the molecule is C[C@H](Sc1nnc(COc2ccc(Cl)cc2)n1Cc1ccccc1)C(=O)C12CC3CC(CC(C3)C1)C2. The number of nitrogens with zero attached hydrogens (tertiary/aromatic N) is 3. The molecule has 0 aliphatic heterocycles. The Hall–Kier alpha value is -2.31. The fraction of sp³-hybridized carbons (Fsp3) is 0.483. The molecule has 7 rings (SSSR count). The van der Waals surface area contributed by atoms with Crippen LogP contribution in [0.2, 0.25) is 5.02 Å². The molecule has 1 aromatic heterocycles. The molecule has 188 valence electrons. The molecule has 0 unspecified atom stereocenters. The number of Topliss-reactive ketones (excluding diaryl/α,β-unsaturated/α-hetero) is 1. The zero-order valence-corrected chi connectivity index (χ0v) is 22.2. The summed E-state index contributed by atoms with van der Waals surface area (Å²) >= 11 is 7.57. The molecule has 7 heteroatoms. The van der Waals surface area contributed by atoms with Gasteiger partial charge in [0.25, 0.3) is 0 Å². The number of hydrogen-bond donors (Lipinski definition) is 0. The molecule has 0 radical (unpaired) electrons. The minimum atomic E-state index is -0.148. The van der Waals surface area contributed by atoms with E-state index >= 15 is 0 Å². The number of carbonyl (C=O) groups excluding carboxylic acids is 1. The van der Waals surface area contributed by atoms with Crippen molar-refractivity contribution in [2.24, 2.45) is 23.2 Å². The number of ether oxygens (including phenoxy) is 1. The highest BCUT2D eigenvalue weighted by Gasteiger charge is 2.55. The van der Waals surface area contributed by atoms with Crippen molar-refractivity contribution in [3.8, 4) is 5.75 Å². The van der Waals surface area contributed by atoms with Gasteiger partial charge in [-0.15, -0.1) is 10.2 Å². The third-order valence-corrected chi connectivity index (χ3v) is 9.70. The van der Waals surface area contributed by atoms with E-state index in [1.54, 1.807) is 11.8 Å². The van der Waals surface area contributed by atoms with Gasteiger partial charge in [-0.3, -0.25) is 9.36 Å². The summed E-state index contributed by atoms with van der Waals surface area (Å²) in [6.07, 6.45) is 7.32. The van der Waals surface area contributed by atoms with Crippen LogP contribution in [0.5, 0.6) is 5.75 Å². The van der Waals surface area contributed by atoms with Gasteiger partial charge in [0.05, 0.1) is 11.8 Å². The van der Waals surface area contributed by atoms with E-state index in [4.69, 9.17) is 16.3 Å². The van der Waals surface area contributed by atoms with Crippen LogP contribution in [-0.4, -0.2) is 25.8 Å². The fourth-order valence-corrected chi connectivity index (χ4v) is 8.36. The van der Waals surface area contributed by atoms with Crippen LogP contribution in [0.4, 0.5) is 0 Å². The summed E-state index contributed by atoms with van der Waals surface area (Å²) in [4.78, 5) is 13.9. The highest BCUT2D eigenvalue weighted by atomic mass is 35.5. The van der Waals surface area contributed by atoms with Gasteiger partial charge in [0.15, 0.2) is 16.8 Å². The van der Waals surface area contributed by atoms with E-state index in [2.05, 4.69) is 33.8 Å². The van der Waals surface area contributed by atoms with Gasteiger partial charge in [-0.2, -0.15) is 0 Å². The van der Waals surface area contributed by atoms with Crippen LogP contribution in [0.25, 0.3) is 0 Å². The average Bonchev–Trinajstić information content (AvgIpc) is 3.23. The molecule has 4 bridgehead atoms. The Morgan fingerprint density at radius 3 is 2.31 bits per heavy atom. The quantitative estimate of drug-likeness (QED) is 0.289. The van der Waals surface area contributed by atoms with E-state index in [9.17, 15) is 4.79 Å². The molecule has 1 heterocycles. The van der Waals surface area contributed by atoms with Crippen molar-refractivity contribution in [3.63, 3.8) is 0 Å². The fourth-order valence-electron chi connectivity index (χ4n) is 7.17. The zero-order chi connectivity index (χ0) is 24.7. The highest BCUT2D eigenvalue weighted by molar-refractivity contribution is 8.00. The van der Waals surface area contributed by atoms with Crippen molar-refractivity contribution in [3.05, 3.63) is 71.0 Å². The van der Waals surface area contributed by atoms with Gasteiger partial charge < -0.3 is 4.74 Å². The number of rotatable bonds is 9. The number of thioether (sulfide) groups is 1. The first-order valence-corrected chi connectivity index (χ1v) is 14.3. The number of hydrogen-bond acceptors (Lipinski definition) is 5. The summed E-state index contributed by atoms with van der Waals surface area (Å²) in [7, 11) is 0. The average molecular weight is 522 g/mol. The van der Waals surface area contributed by atoms with Gasteiger partial charge >= 0.3 is 0 Å². The first-order valence-electron chi connectivity index (χ1n) is 13.0. The Morgan fingerprint density at radius 2 is 1.67 bits per heavy atom. The van der Waals surface area contributed by atoms with Crippen LogP contribution in [0.15, 0.2) is 59.8 Å². The molecule has 4 aliphatic carbocycles. The third-order valence-electron chi connectivity index (χ3n) is 8.37. The number of aromatic nitrogens is 3. The smallest absolute Gasteiger partial charge is 0.192 e. The molecule has 3 aromatic rings. The van der Waals surface area contributed by atoms with Gasteiger partial charge in [0.1, 0.15) is 12.4 Å². The third kappa shape index (κ3) is 4.82. The van der Waals surface area contributed by atoms with Crippen molar-refractivity contribution < 1.29 is 9.53 Å². The number of ketones is 1. The van der Waals surface area contributed by atoms with Crippen LogP contribution in [0.1, 0.15) is 56.8 Å². The highest BCUT2D eigenvalue weighted by Crippen LogP contribution is 2.61. The van der Waals surface area contributed by atoms with Crippen LogP contribution in [0.3, 0.4) is 0 Å². The summed E-state index contributed by atoms with van der Waals surface area (Å²) in [6, 6.07) is 17.6. The van der Waals surface area contributed by atoms with E-state index in [0.717, 1.165) is 59.3 Å². The minimum Gasteiger partial charge on any atom is -0.486 e. The predicted octanol–water partition coefficient (Wildman–Crippen LogP) is 6.82. The summed E-state index contributed by atoms with van der Waals surface area (Å²) in [5.74, 6) is 4.18. The monoisotopic (exact) mass is 521 g/mol. The van der Waals surface area contributed by atoms with Crippen LogP contribution < -0.4 is 4.74 Å². The van der Waals surface area contributed by atoms with E-state index in [1.165, 1.54) is 19.3 Å². The Labute approximate surface area is 222 Å². The molecule has 0 amide bonds. The van der Waals surface area contributed by atoms with Crippen molar-refractivity contribution >= 4 is 29.1 Å². The Bertz CT molecular complexity index is 1190.